The molecule has 8 nitrogen and oxygen atoms in total. The molecular weight excluding hydrogens is 462 g/mol. The number of nitrogens with one attached hydrogen (secondary N) is 2. The fraction of sp³-hybridized carbons (Fsp3) is 0.448. The van der Waals surface area contributed by atoms with Gasteiger partial charge in [-0.3, -0.25) is 20.1 Å². The van der Waals surface area contributed by atoms with Crippen LogP contribution in [0.2, 0.25) is 0 Å². The van der Waals surface area contributed by atoms with Gasteiger partial charge in [-0.2, -0.15) is 4.99 Å². The quantitative estimate of drug-likeness (QED) is 0.324. The molecule has 1 fully saturated rings. The average molecular weight is 510 g/mol. The van der Waals surface area contributed by atoms with Crippen molar-refractivity contribution in [2.24, 2.45) is 15.0 Å². The van der Waals surface area contributed by atoms with Gasteiger partial charge in [-0.15, -0.1) is 6.58 Å². The zero-order chi connectivity index (χ0) is 28.1. The molecule has 2 aliphatic rings. The Balaban J connectivity index is 0.00000112. The standard InChI is InChI=1S/C20H26N6O.C5H9N.2C2H6/c1-4-11-26-19(27)16-12-18(24-26)23-20(21-13-16)22-17-9-7-15(8-10-17)14-25(5-2)6-3;1-3-5-6-4-2;2*1-2/h4,7-10,13H,1,5-6,11-12,14H2,2-3H3,(H2,21,22,23,24);3-5H,1-2H3;2*1-2H3/b;5-3-,6-4?;;. The van der Waals surface area contributed by atoms with Crippen LogP contribution in [0.3, 0.4) is 0 Å². The number of rotatable bonds is 8. The zero-order valence-electron chi connectivity index (χ0n) is 24.1. The van der Waals surface area contributed by atoms with Gasteiger partial charge in [-0.05, 0) is 44.6 Å². The van der Waals surface area contributed by atoms with Crippen molar-refractivity contribution in [1.82, 2.24) is 15.3 Å². The summed E-state index contributed by atoms with van der Waals surface area (Å²) in [5.41, 5.74) is 5.82. The molecule has 1 aromatic carbocycles. The Morgan fingerprint density at radius 2 is 1.78 bits per heavy atom. The minimum atomic E-state index is -0.0976. The van der Waals surface area contributed by atoms with E-state index in [9.17, 15) is 4.79 Å². The Kier molecular flexibility index (Phi) is 18.7. The minimum Gasteiger partial charge on any atom is -0.324 e. The molecule has 1 amide bonds. The van der Waals surface area contributed by atoms with E-state index in [1.807, 2.05) is 59.8 Å². The second-order valence-electron chi connectivity index (χ2n) is 7.33. The summed E-state index contributed by atoms with van der Waals surface area (Å²) < 4.78 is 0. The minimum absolute atomic E-state index is 0.0976. The van der Waals surface area contributed by atoms with Crippen LogP contribution in [-0.2, 0) is 11.3 Å². The van der Waals surface area contributed by atoms with Crippen molar-refractivity contribution in [3.8, 4) is 0 Å². The summed E-state index contributed by atoms with van der Waals surface area (Å²) in [5.74, 6) is 1.04. The van der Waals surface area contributed by atoms with Crippen LogP contribution in [0.25, 0.3) is 0 Å². The Bertz CT molecular complexity index is 930. The number of allylic oxidation sites excluding steroid dienone is 1. The Morgan fingerprint density at radius 3 is 2.30 bits per heavy atom. The normalized spacial score (nSPS) is 14.0. The van der Waals surface area contributed by atoms with Crippen LogP contribution in [0.15, 0.2) is 75.9 Å². The summed E-state index contributed by atoms with van der Waals surface area (Å²) in [6.07, 6.45) is 9.10. The van der Waals surface area contributed by atoms with E-state index in [4.69, 9.17) is 0 Å². The van der Waals surface area contributed by atoms with E-state index in [0.29, 0.717) is 30.3 Å². The van der Waals surface area contributed by atoms with Crippen LogP contribution in [0, 0.1) is 0 Å². The third kappa shape index (κ3) is 12.3. The summed E-state index contributed by atoms with van der Waals surface area (Å²) in [4.78, 5) is 27.3. The van der Waals surface area contributed by atoms with Crippen molar-refractivity contribution in [2.45, 2.75) is 68.4 Å². The monoisotopic (exact) mass is 509 g/mol. The highest BCUT2D eigenvalue weighted by atomic mass is 16.2. The number of guanidine groups is 1. The van der Waals surface area contributed by atoms with Crippen molar-refractivity contribution < 1.29 is 4.79 Å². The van der Waals surface area contributed by atoms with Gasteiger partial charge in [-0.25, -0.2) is 10.0 Å². The molecule has 0 unspecified atom stereocenters. The summed E-state index contributed by atoms with van der Waals surface area (Å²) in [5, 5.41) is 4.71. The summed E-state index contributed by atoms with van der Waals surface area (Å²) >= 11 is 0. The van der Waals surface area contributed by atoms with Crippen molar-refractivity contribution in [3.05, 3.63) is 66.5 Å². The van der Waals surface area contributed by atoms with Gasteiger partial charge in [-0.1, -0.05) is 65.8 Å². The van der Waals surface area contributed by atoms with Gasteiger partial charge >= 0.3 is 0 Å². The summed E-state index contributed by atoms with van der Waals surface area (Å²) in [6.45, 7) is 23.3. The lowest BCUT2D eigenvalue weighted by molar-refractivity contribution is -0.129. The second-order valence-corrected chi connectivity index (χ2v) is 7.33. The van der Waals surface area contributed by atoms with Crippen LogP contribution in [0.5, 0.6) is 0 Å². The van der Waals surface area contributed by atoms with E-state index in [0.717, 1.165) is 25.3 Å². The Hall–Kier alpha value is -3.52. The van der Waals surface area contributed by atoms with Gasteiger partial charge in [0.1, 0.15) is 5.84 Å². The number of amides is 1. The fourth-order valence-corrected chi connectivity index (χ4v) is 3.15. The maximum Gasteiger partial charge on any atom is 0.270 e. The highest BCUT2D eigenvalue weighted by Crippen LogP contribution is 2.17. The van der Waals surface area contributed by atoms with Crippen molar-refractivity contribution >= 4 is 29.6 Å². The van der Waals surface area contributed by atoms with Crippen LogP contribution in [-0.4, -0.2) is 53.5 Å². The SMILES string of the molecule is C=CCN1NC2=NC(Nc3ccc(CN(CC)CC)cc3)=NC=C(C2)C1=O.CC.CC.CC=N/C=C\C. The number of benzene rings is 1. The molecule has 2 aliphatic heterocycles. The first-order valence-corrected chi connectivity index (χ1v) is 13.3. The topological polar surface area (TPSA) is 84.7 Å². The average Bonchev–Trinajstić information content (AvgIpc) is 3.12. The van der Waals surface area contributed by atoms with Gasteiger partial charge in [0.2, 0.25) is 5.96 Å². The number of hydrogen-bond acceptors (Lipinski definition) is 7. The molecule has 0 radical (unpaired) electrons. The summed E-state index contributed by atoms with van der Waals surface area (Å²) in [7, 11) is 0. The third-order valence-electron chi connectivity index (χ3n) is 4.93. The molecule has 2 N–H and O–H groups in total. The maximum absolute atomic E-state index is 12.3. The van der Waals surface area contributed by atoms with Crippen molar-refractivity contribution in [1.29, 1.82) is 0 Å². The maximum atomic E-state index is 12.3. The van der Waals surface area contributed by atoms with E-state index in [-0.39, 0.29) is 5.91 Å². The highest BCUT2D eigenvalue weighted by Gasteiger charge is 2.27. The van der Waals surface area contributed by atoms with Crippen LogP contribution in [0.1, 0.15) is 67.4 Å². The molecule has 0 aromatic heterocycles. The van der Waals surface area contributed by atoms with Crippen molar-refractivity contribution in [3.63, 3.8) is 0 Å². The van der Waals surface area contributed by atoms with Gasteiger partial charge in [0, 0.05) is 42.8 Å². The largest absolute Gasteiger partial charge is 0.324 e. The number of hydrogen-bond donors (Lipinski definition) is 2. The first kappa shape index (κ1) is 33.5. The molecule has 37 heavy (non-hydrogen) atoms. The number of carbonyl (C=O) groups is 1. The van der Waals surface area contributed by atoms with Crippen molar-refractivity contribution in [2.75, 3.05) is 25.0 Å². The smallest absolute Gasteiger partial charge is 0.270 e. The predicted octanol–water partition coefficient (Wildman–Crippen LogP) is 6.18. The predicted molar refractivity (Wildman–Crippen MR) is 161 cm³/mol. The molecule has 0 aliphatic carbocycles. The Morgan fingerprint density at radius 1 is 1.14 bits per heavy atom. The van der Waals surface area contributed by atoms with Gasteiger partial charge in [0.05, 0.1) is 6.54 Å². The molecule has 1 saturated heterocycles. The molecule has 2 heterocycles. The molecule has 0 saturated carbocycles. The molecule has 0 spiro atoms. The molecule has 8 heteroatoms. The van der Waals surface area contributed by atoms with Gasteiger partial charge in [0.25, 0.3) is 5.91 Å². The molecule has 204 valence electrons. The molecule has 0 atom stereocenters. The van der Waals surface area contributed by atoms with Crippen LogP contribution in [0.4, 0.5) is 5.69 Å². The van der Waals surface area contributed by atoms with E-state index in [1.165, 1.54) is 10.6 Å². The number of nitrogens with zero attached hydrogens (tertiary/aromatic N) is 5. The lowest BCUT2D eigenvalue weighted by Crippen LogP contribution is -2.51. The number of amidine groups is 1. The highest BCUT2D eigenvalue weighted by molar-refractivity contribution is 6.10. The van der Waals surface area contributed by atoms with E-state index < -0.39 is 0 Å². The Labute approximate surface area is 224 Å². The van der Waals surface area contributed by atoms with E-state index >= 15 is 0 Å². The fourth-order valence-electron chi connectivity index (χ4n) is 3.15. The first-order chi connectivity index (χ1) is 18.0. The lowest BCUT2D eigenvalue weighted by Gasteiger charge is -2.29. The molecule has 3 rings (SSSR count). The number of anilines is 1. The third-order valence-corrected chi connectivity index (χ3v) is 4.93. The molecular formula is C29H47N7O. The number of fused-ring (bicyclic) bond motifs is 2. The zero-order valence-corrected chi connectivity index (χ0v) is 24.1. The van der Waals surface area contributed by atoms with Gasteiger partial charge < -0.3 is 5.32 Å². The number of hydrazine groups is 1. The van der Waals surface area contributed by atoms with Crippen LogP contribution < -0.4 is 10.7 Å². The molecule has 1 aromatic rings. The van der Waals surface area contributed by atoms with Crippen LogP contribution >= 0.6 is 0 Å². The summed E-state index contributed by atoms with van der Waals surface area (Å²) in [6, 6.07) is 8.26. The lowest BCUT2D eigenvalue weighted by atomic mass is 10.1. The second kappa shape index (κ2) is 20.7. The first-order valence-electron chi connectivity index (χ1n) is 13.3. The van der Waals surface area contributed by atoms with E-state index in [1.54, 1.807) is 24.7 Å². The number of carbonyl (C=O) groups excluding carboxylic acids is 1. The number of aliphatic imine (C=N–C) groups is 3. The molecule has 2 bridgehead atoms. The van der Waals surface area contributed by atoms with Gasteiger partial charge in [0.15, 0.2) is 0 Å². The van der Waals surface area contributed by atoms with E-state index in [2.05, 4.69) is 63.2 Å².